The molecule has 90 valence electrons. The van der Waals surface area contributed by atoms with Crippen molar-refractivity contribution in [2.24, 2.45) is 5.92 Å². The van der Waals surface area contributed by atoms with Crippen molar-refractivity contribution in [1.82, 2.24) is 10.2 Å². The van der Waals surface area contributed by atoms with Crippen molar-refractivity contribution in [3.63, 3.8) is 0 Å². The molecular weight excluding hydrogens is 188 g/mol. The summed E-state index contributed by atoms with van der Waals surface area (Å²) in [6, 6.07) is 0.553. The van der Waals surface area contributed by atoms with Gasteiger partial charge in [-0.25, -0.2) is 0 Å². The second-order valence-corrected chi connectivity index (χ2v) is 4.66. The third-order valence-corrected chi connectivity index (χ3v) is 3.19. The zero-order chi connectivity index (χ0) is 11.1. The molecule has 0 saturated carbocycles. The van der Waals surface area contributed by atoms with E-state index in [4.69, 9.17) is 4.74 Å². The van der Waals surface area contributed by atoms with Crippen LogP contribution in [0, 0.1) is 5.92 Å². The third kappa shape index (κ3) is 4.49. The van der Waals surface area contributed by atoms with Gasteiger partial charge in [-0.15, -0.1) is 0 Å². The molecule has 0 spiro atoms. The maximum absolute atomic E-state index is 5.31. The van der Waals surface area contributed by atoms with Crippen molar-refractivity contribution in [2.75, 3.05) is 39.9 Å². The fourth-order valence-electron chi connectivity index (χ4n) is 2.35. The smallest absolute Gasteiger partial charge is 0.0630 e. The van der Waals surface area contributed by atoms with E-state index in [0.717, 1.165) is 25.6 Å². The number of likely N-dealkylation sites (tertiary alicyclic amines) is 1. The van der Waals surface area contributed by atoms with Gasteiger partial charge in [0.05, 0.1) is 6.61 Å². The topological polar surface area (TPSA) is 24.5 Å². The first kappa shape index (κ1) is 12.9. The molecule has 1 fully saturated rings. The Morgan fingerprint density at radius 1 is 1.53 bits per heavy atom. The lowest BCUT2D eigenvalue weighted by atomic mass is 9.99. The highest BCUT2D eigenvalue weighted by molar-refractivity contribution is 4.79. The summed E-state index contributed by atoms with van der Waals surface area (Å²) < 4.78 is 5.31. The zero-order valence-corrected chi connectivity index (χ0v) is 10.5. The van der Waals surface area contributed by atoms with E-state index in [1.165, 1.54) is 25.9 Å². The molecule has 1 heterocycles. The molecule has 15 heavy (non-hydrogen) atoms. The van der Waals surface area contributed by atoms with E-state index >= 15 is 0 Å². The minimum atomic E-state index is 0.553. The van der Waals surface area contributed by atoms with Crippen molar-refractivity contribution in [3.05, 3.63) is 0 Å². The predicted molar refractivity (Wildman–Crippen MR) is 64.2 cm³/mol. The Morgan fingerprint density at radius 3 is 2.93 bits per heavy atom. The van der Waals surface area contributed by atoms with Gasteiger partial charge in [0.1, 0.15) is 0 Å². The van der Waals surface area contributed by atoms with Gasteiger partial charge < -0.3 is 10.1 Å². The number of rotatable bonds is 6. The molecule has 0 radical (unpaired) electrons. The maximum atomic E-state index is 5.31. The number of nitrogens with one attached hydrogen (secondary N) is 1. The van der Waals surface area contributed by atoms with Gasteiger partial charge in [-0.3, -0.25) is 4.90 Å². The van der Waals surface area contributed by atoms with Gasteiger partial charge in [-0.05, 0) is 31.8 Å². The SMILES string of the molecule is CCNCC(COC)N1CCCC(C)C1. The van der Waals surface area contributed by atoms with E-state index in [-0.39, 0.29) is 0 Å². The van der Waals surface area contributed by atoms with Crippen LogP contribution in [0.5, 0.6) is 0 Å². The minimum Gasteiger partial charge on any atom is -0.383 e. The lowest BCUT2D eigenvalue weighted by Crippen LogP contribution is -2.49. The Bertz CT molecular complexity index is 164. The Hall–Kier alpha value is -0.120. The largest absolute Gasteiger partial charge is 0.383 e. The van der Waals surface area contributed by atoms with E-state index in [0.29, 0.717) is 6.04 Å². The summed E-state index contributed by atoms with van der Waals surface area (Å²) >= 11 is 0. The molecule has 0 aromatic rings. The number of hydrogen-bond acceptors (Lipinski definition) is 3. The fraction of sp³-hybridized carbons (Fsp3) is 1.00. The van der Waals surface area contributed by atoms with E-state index in [2.05, 4.69) is 24.1 Å². The van der Waals surface area contributed by atoms with Crippen LogP contribution in [0.3, 0.4) is 0 Å². The zero-order valence-electron chi connectivity index (χ0n) is 10.5. The summed E-state index contributed by atoms with van der Waals surface area (Å²) in [5, 5.41) is 3.42. The molecule has 0 aliphatic carbocycles. The molecule has 0 aromatic heterocycles. The van der Waals surface area contributed by atoms with Gasteiger partial charge in [0, 0.05) is 26.2 Å². The van der Waals surface area contributed by atoms with Crippen LogP contribution in [0.1, 0.15) is 26.7 Å². The first-order valence-corrected chi connectivity index (χ1v) is 6.21. The number of hydrogen-bond donors (Lipinski definition) is 1. The highest BCUT2D eigenvalue weighted by Crippen LogP contribution is 2.17. The molecule has 1 N–H and O–H groups in total. The van der Waals surface area contributed by atoms with Crippen molar-refractivity contribution in [1.29, 1.82) is 0 Å². The van der Waals surface area contributed by atoms with Gasteiger partial charge in [-0.2, -0.15) is 0 Å². The Balaban J connectivity index is 2.38. The van der Waals surface area contributed by atoms with Crippen LogP contribution in [0.25, 0.3) is 0 Å². The van der Waals surface area contributed by atoms with Crippen LogP contribution in [-0.2, 0) is 4.74 Å². The van der Waals surface area contributed by atoms with Gasteiger partial charge in [-0.1, -0.05) is 13.8 Å². The molecule has 3 heteroatoms. The van der Waals surface area contributed by atoms with Crippen molar-refractivity contribution >= 4 is 0 Å². The number of nitrogens with zero attached hydrogens (tertiary/aromatic N) is 1. The van der Waals surface area contributed by atoms with Gasteiger partial charge in [0.2, 0.25) is 0 Å². The molecule has 2 unspecified atom stereocenters. The predicted octanol–water partition coefficient (Wildman–Crippen LogP) is 1.34. The van der Waals surface area contributed by atoms with Crippen LogP contribution in [-0.4, -0.2) is 50.8 Å². The first-order chi connectivity index (χ1) is 7.27. The average molecular weight is 214 g/mol. The van der Waals surface area contributed by atoms with E-state index in [9.17, 15) is 0 Å². The fourth-order valence-corrected chi connectivity index (χ4v) is 2.35. The molecule has 1 rings (SSSR count). The summed E-state index contributed by atoms with van der Waals surface area (Å²) in [6.07, 6.45) is 2.73. The molecule has 1 aliphatic rings. The molecule has 1 saturated heterocycles. The van der Waals surface area contributed by atoms with E-state index in [1.54, 1.807) is 7.11 Å². The standard InChI is InChI=1S/C12H26N2O/c1-4-13-8-12(10-15-3)14-7-5-6-11(2)9-14/h11-13H,4-10H2,1-3H3. The van der Waals surface area contributed by atoms with Gasteiger partial charge in [0.25, 0.3) is 0 Å². The summed E-state index contributed by atoms with van der Waals surface area (Å²) in [5.41, 5.74) is 0. The number of ether oxygens (including phenoxy) is 1. The van der Waals surface area contributed by atoms with E-state index < -0.39 is 0 Å². The molecule has 1 aliphatic heterocycles. The van der Waals surface area contributed by atoms with Gasteiger partial charge in [0.15, 0.2) is 0 Å². The van der Waals surface area contributed by atoms with E-state index in [1.807, 2.05) is 0 Å². The molecule has 3 nitrogen and oxygen atoms in total. The Kier molecular flexibility index (Phi) is 6.22. The second kappa shape index (κ2) is 7.20. The lowest BCUT2D eigenvalue weighted by Gasteiger charge is -2.37. The van der Waals surface area contributed by atoms with Crippen LogP contribution in [0.4, 0.5) is 0 Å². The average Bonchev–Trinajstić information content (AvgIpc) is 2.24. The lowest BCUT2D eigenvalue weighted by molar-refractivity contribution is 0.0625. The first-order valence-electron chi connectivity index (χ1n) is 6.21. The highest BCUT2D eigenvalue weighted by Gasteiger charge is 2.23. The number of methoxy groups -OCH3 is 1. The van der Waals surface area contributed by atoms with Gasteiger partial charge >= 0.3 is 0 Å². The third-order valence-electron chi connectivity index (χ3n) is 3.19. The Labute approximate surface area is 94.2 Å². The van der Waals surface area contributed by atoms with Crippen LogP contribution < -0.4 is 5.32 Å². The van der Waals surface area contributed by atoms with Crippen molar-refractivity contribution in [3.8, 4) is 0 Å². The van der Waals surface area contributed by atoms with Crippen molar-refractivity contribution < 1.29 is 4.74 Å². The molecule has 0 amide bonds. The van der Waals surface area contributed by atoms with Crippen LogP contribution >= 0.6 is 0 Å². The molecule has 0 bridgehead atoms. The quantitative estimate of drug-likeness (QED) is 0.722. The van der Waals surface area contributed by atoms with Crippen LogP contribution in [0.2, 0.25) is 0 Å². The summed E-state index contributed by atoms with van der Waals surface area (Å²) in [6.45, 7) is 9.93. The normalized spacial score (nSPS) is 25.4. The van der Waals surface area contributed by atoms with Crippen molar-refractivity contribution in [2.45, 2.75) is 32.7 Å². The molecule has 2 atom stereocenters. The molecular formula is C12H26N2O. The van der Waals surface area contributed by atoms with Crippen LogP contribution in [0.15, 0.2) is 0 Å². The number of piperidine rings is 1. The number of likely N-dealkylation sites (N-methyl/N-ethyl adjacent to an activating group) is 1. The Morgan fingerprint density at radius 2 is 2.33 bits per heavy atom. The summed E-state index contributed by atoms with van der Waals surface area (Å²) in [7, 11) is 1.80. The maximum Gasteiger partial charge on any atom is 0.0630 e. The minimum absolute atomic E-state index is 0.553. The summed E-state index contributed by atoms with van der Waals surface area (Å²) in [5.74, 6) is 0.847. The molecule has 0 aromatic carbocycles. The monoisotopic (exact) mass is 214 g/mol. The highest BCUT2D eigenvalue weighted by atomic mass is 16.5. The summed E-state index contributed by atoms with van der Waals surface area (Å²) in [4.78, 5) is 2.58. The second-order valence-electron chi connectivity index (χ2n) is 4.66.